The number of esters is 2. The molecule has 0 aromatic carbocycles. The van der Waals surface area contributed by atoms with E-state index in [4.69, 9.17) is 29.7 Å². The molecule has 0 rings (SSSR count). The molecular formula is C26H51N2O9PS. The quantitative estimate of drug-likeness (QED) is 0.0687. The summed E-state index contributed by atoms with van der Waals surface area (Å²) in [5.74, 6) is -0.567. The highest BCUT2D eigenvalue weighted by Gasteiger charge is 2.20. The van der Waals surface area contributed by atoms with Crippen LogP contribution in [-0.4, -0.2) is 83.3 Å². The van der Waals surface area contributed by atoms with Gasteiger partial charge in [-0.2, -0.15) is 11.8 Å². The van der Waals surface area contributed by atoms with Crippen molar-refractivity contribution >= 4 is 37.2 Å². The SMILES string of the molecule is CCCCCCCCCCCC(=O)OC[C@H](CSC[C@H](N)C(=O)N[C@@H](C)COCCCP(=O)(O)O)OC(C)=O. The van der Waals surface area contributed by atoms with E-state index < -0.39 is 25.7 Å². The van der Waals surface area contributed by atoms with E-state index in [2.05, 4.69) is 12.2 Å². The Hall–Kier alpha value is -1.17. The van der Waals surface area contributed by atoms with E-state index in [0.29, 0.717) is 12.2 Å². The number of carbonyl (C=O) groups excluding carboxylic acids is 3. The van der Waals surface area contributed by atoms with Crippen LogP contribution in [0.25, 0.3) is 0 Å². The lowest BCUT2D eigenvalue weighted by molar-refractivity contribution is -0.156. The molecule has 0 spiro atoms. The molecule has 0 saturated carbocycles. The number of carbonyl (C=O) groups is 3. The first-order valence-corrected chi connectivity index (χ1v) is 17.0. The summed E-state index contributed by atoms with van der Waals surface area (Å²) in [4.78, 5) is 53.5. The molecule has 0 radical (unpaired) electrons. The van der Waals surface area contributed by atoms with E-state index in [1.165, 1.54) is 57.2 Å². The topological polar surface area (TPSA) is 174 Å². The number of nitrogens with two attached hydrogens (primary N) is 1. The van der Waals surface area contributed by atoms with E-state index in [-0.39, 0.29) is 56.1 Å². The number of ether oxygens (including phenoxy) is 3. The molecule has 0 bridgehead atoms. The summed E-state index contributed by atoms with van der Waals surface area (Å²) >= 11 is 1.32. The highest BCUT2D eigenvalue weighted by Crippen LogP contribution is 2.34. The van der Waals surface area contributed by atoms with E-state index in [1.54, 1.807) is 6.92 Å². The molecule has 0 heterocycles. The Morgan fingerprint density at radius 2 is 1.56 bits per heavy atom. The molecule has 5 N–H and O–H groups in total. The van der Waals surface area contributed by atoms with Gasteiger partial charge in [0.2, 0.25) is 5.91 Å². The van der Waals surface area contributed by atoms with Crippen molar-refractivity contribution in [3.8, 4) is 0 Å². The third-order valence-electron chi connectivity index (χ3n) is 5.68. The van der Waals surface area contributed by atoms with Gasteiger partial charge in [0.25, 0.3) is 0 Å². The summed E-state index contributed by atoms with van der Waals surface area (Å²) in [6, 6.07) is -1.14. The number of thioether (sulfide) groups is 1. The van der Waals surface area contributed by atoms with Crippen LogP contribution in [0.1, 0.15) is 91.4 Å². The van der Waals surface area contributed by atoms with Crippen LogP contribution in [0.5, 0.6) is 0 Å². The fraction of sp³-hybridized carbons (Fsp3) is 0.885. The lowest BCUT2D eigenvalue weighted by Gasteiger charge is -2.19. The Bertz CT molecular complexity index is 724. The van der Waals surface area contributed by atoms with Crippen molar-refractivity contribution in [3.05, 3.63) is 0 Å². The minimum atomic E-state index is -4.03. The normalized spacial score (nSPS) is 13.9. The fourth-order valence-electron chi connectivity index (χ4n) is 3.62. The molecule has 0 aromatic heterocycles. The number of nitrogens with one attached hydrogen (secondary N) is 1. The van der Waals surface area contributed by atoms with Crippen molar-refractivity contribution in [2.75, 3.05) is 37.5 Å². The van der Waals surface area contributed by atoms with Crippen LogP contribution >= 0.6 is 19.4 Å². The Balaban J connectivity index is 4.11. The summed E-state index contributed by atoms with van der Waals surface area (Å²) in [7, 11) is -4.03. The minimum Gasteiger partial charge on any atom is -0.462 e. The van der Waals surface area contributed by atoms with Crippen LogP contribution in [0.3, 0.4) is 0 Å². The van der Waals surface area contributed by atoms with E-state index in [0.717, 1.165) is 19.3 Å². The highest BCUT2D eigenvalue weighted by atomic mass is 32.2. The third kappa shape index (κ3) is 25.5. The maximum absolute atomic E-state index is 12.3. The highest BCUT2D eigenvalue weighted by molar-refractivity contribution is 7.99. The second kappa shape index (κ2) is 23.5. The van der Waals surface area contributed by atoms with Crippen molar-refractivity contribution in [2.45, 2.75) is 110 Å². The van der Waals surface area contributed by atoms with Crippen molar-refractivity contribution in [1.82, 2.24) is 5.32 Å². The molecule has 0 aliphatic carbocycles. The van der Waals surface area contributed by atoms with Gasteiger partial charge in [0.1, 0.15) is 12.7 Å². The van der Waals surface area contributed by atoms with Gasteiger partial charge in [-0.05, 0) is 19.8 Å². The maximum atomic E-state index is 12.3. The molecule has 0 saturated heterocycles. The molecule has 1 amide bonds. The summed E-state index contributed by atoms with van der Waals surface area (Å²) in [6.45, 7) is 5.55. The minimum absolute atomic E-state index is 0.0410. The number of rotatable bonds is 25. The van der Waals surface area contributed by atoms with Gasteiger partial charge in [-0.15, -0.1) is 0 Å². The molecule has 3 atom stereocenters. The van der Waals surface area contributed by atoms with Crippen molar-refractivity contribution in [3.63, 3.8) is 0 Å². The Morgan fingerprint density at radius 1 is 0.949 bits per heavy atom. The summed E-state index contributed by atoms with van der Waals surface area (Å²) in [6.07, 6.45) is 10.1. The second-order valence-electron chi connectivity index (χ2n) is 9.86. The van der Waals surface area contributed by atoms with Crippen molar-refractivity contribution < 1.29 is 42.9 Å². The molecule has 0 unspecified atom stereocenters. The first kappa shape index (κ1) is 37.8. The Labute approximate surface area is 238 Å². The molecule has 0 fully saturated rings. The average molecular weight is 599 g/mol. The molecular weight excluding hydrogens is 547 g/mol. The van der Waals surface area contributed by atoms with E-state index in [1.807, 2.05) is 0 Å². The third-order valence-corrected chi connectivity index (χ3v) is 7.78. The van der Waals surface area contributed by atoms with Gasteiger partial charge >= 0.3 is 19.5 Å². The zero-order valence-electron chi connectivity index (χ0n) is 23.9. The molecule has 230 valence electrons. The number of hydrogen-bond acceptors (Lipinski definition) is 9. The summed E-state index contributed by atoms with van der Waals surface area (Å²) in [5, 5.41) is 2.73. The van der Waals surface area contributed by atoms with Gasteiger partial charge in [-0.3, -0.25) is 18.9 Å². The standard InChI is InChI=1S/C26H51N2O9PS/c1-4-5-6-7-8-9-10-11-12-14-25(30)36-18-23(37-22(3)29)19-39-20-24(27)26(31)28-21(2)17-35-15-13-16-38(32,33)34/h21,23-24H,4-20,27H2,1-3H3,(H,28,31)(H2,32,33,34)/t21-,23+,24-/m0/s1. The monoisotopic (exact) mass is 598 g/mol. The molecule has 11 nitrogen and oxygen atoms in total. The number of amides is 1. The van der Waals surface area contributed by atoms with Crippen LogP contribution in [-0.2, 0) is 33.2 Å². The van der Waals surface area contributed by atoms with Crippen molar-refractivity contribution in [1.29, 1.82) is 0 Å². The summed E-state index contributed by atoms with van der Waals surface area (Å²) in [5.41, 5.74) is 5.97. The van der Waals surface area contributed by atoms with Gasteiger partial charge in [-0.25, -0.2) is 0 Å². The predicted molar refractivity (Wildman–Crippen MR) is 154 cm³/mol. The first-order valence-electron chi connectivity index (χ1n) is 14.0. The van der Waals surface area contributed by atoms with Crippen LogP contribution in [0.2, 0.25) is 0 Å². The smallest absolute Gasteiger partial charge is 0.325 e. The Kier molecular flexibility index (Phi) is 22.8. The molecule has 39 heavy (non-hydrogen) atoms. The Morgan fingerprint density at radius 3 is 2.15 bits per heavy atom. The van der Waals surface area contributed by atoms with E-state index >= 15 is 0 Å². The number of hydrogen-bond donors (Lipinski definition) is 4. The largest absolute Gasteiger partial charge is 0.462 e. The lowest BCUT2D eigenvalue weighted by Crippen LogP contribution is -2.47. The van der Waals surface area contributed by atoms with Gasteiger partial charge in [-0.1, -0.05) is 58.3 Å². The van der Waals surface area contributed by atoms with Gasteiger partial charge in [0, 0.05) is 37.5 Å². The van der Waals surface area contributed by atoms with Gasteiger partial charge < -0.3 is 35.0 Å². The van der Waals surface area contributed by atoms with Crippen LogP contribution in [0.15, 0.2) is 0 Å². The summed E-state index contributed by atoms with van der Waals surface area (Å²) < 4.78 is 26.7. The zero-order chi connectivity index (χ0) is 29.5. The molecule has 13 heteroatoms. The zero-order valence-corrected chi connectivity index (χ0v) is 25.6. The lowest BCUT2D eigenvalue weighted by atomic mass is 10.1. The van der Waals surface area contributed by atoms with Crippen LogP contribution < -0.4 is 11.1 Å². The van der Waals surface area contributed by atoms with Gasteiger partial charge in [0.15, 0.2) is 0 Å². The fourth-order valence-corrected chi connectivity index (χ4v) is 5.12. The maximum Gasteiger partial charge on any atom is 0.325 e. The van der Waals surface area contributed by atoms with Crippen LogP contribution in [0.4, 0.5) is 0 Å². The first-order chi connectivity index (χ1) is 18.4. The van der Waals surface area contributed by atoms with Gasteiger partial charge in [0.05, 0.1) is 18.8 Å². The van der Waals surface area contributed by atoms with Crippen molar-refractivity contribution in [2.24, 2.45) is 5.73 Å². The second-order valence-corrected chi connectivity index (χ2v) is 12.7. The van der Waals surface area contributed by atoms with E-state index in [9.17, 15) is 18.9 Å². The predicted octanol–water partition coefficient (Wildman–Crippen LogP) is 3.53. The number of unbranched alkanes of at least 4 members (excludes halogenated alkanes) is 8. The van der Waals surface area contributed by atoms with Crippen LogP contribution in [0, 0.1) is 0 Å². The molecule has 0 aliphatic heterocycles. The molecule has 0 aliphatic rings. The average Bonchev–Trinajstić information content (AvgIpc) is 2.84. The molecule has 0 aromatic rings.